The molecule has 0 fully saturated rings. The van der Waals surface area contributed by atoms with E-state index in [0.717, 1.165) is 10.4 Å². The molecule has 0 radical (unpaired) electrons. The van der Waals surface area contributed by atoms with Gasteiger partial charge in [0, 0.05) is 6.54 Å². The van der Waals surface area contributed by atoms with Crippen LogP contribution in [0, 0.1) is 18.8 Å². The number of thiophene rings is 1. The maximum absolute atomic E-state index is 11.9. The van der Waals surface area contributed by atoms with Gasteiger partial charge in [-0.3, -0.25) is 9.59 Å². The summed E-state index contributed by atoms with van der Waals surface area (Å²) in [4.78, 5) is 24.3. The van der Waals surface area contributed by atoms with Gasteiger partial charge in [0.1, 0.15) is 6.61 Å². The number of aliphatic hydroxyl groups excluding tert-OH is 1. The standard InChI is InChI=1S/C14H17NO4S/c1-3-19-13(17)6-7-15-14(18)12-9-10(2)11(20-12)5-4-8-16/h9,16H,3,6-8H2,1-2H3,(H,15,18). The number of carbonyl (C=O) groups excluding carboxylic acids is 2. The molecule has 1 aromatic rings. The number of aliphatic hydroxyl groups is 1. The zero-order valence-electron chi connectivity index (χ0n) is 11.5. The van der Waals surface area contributed by atoms with Crippen LogP contribution >= 0.6 is 11.3 Å². The van der Waals surface area contributed by atoms with Gasteiger partial charge in [-0.05, 0) is 25.5 Å². The SMILES string of the molecule is CCOC(=O)CCNC(=O)c1cc(C)c(C#CCO)s1. The van der Waals surface area contributed by atoms with Crippen molar-refractivity contribution in [2.45, 2.75) is 20.3 Å². The lowest BCUT2D eigenvalue weighted by atomic mass is 10.2. The van der Waals surface area contributed by atoms with Crippen molar-refractivity contribution < 1.29 is 19.4 Å². The van der Waals surface area contributed by atoms with Crippen LogP contribution in [0.25, 0.3) is 0 Å². The molecule has 0 saturated carbocycles. The molecule has 0 aliphatic carbocycles. The first-order valence-electron chi connectivity index (χ1n) is 6.22. The molecule has 1 heterocycles. The Morgan fingerprint density at radius 2 is 2.25 bits per heavy atom. The predicted octanol–water partition coefficient (Wildman–Crippen LogP) is 1.08. The summed E-state index contributed by atoms with van der Waals surface area (Å²) in [6.45, 7) is 3.96. The van der Waals surface area contributed by atoms with E-state index in [1.165, 1.54) is 11.3 Å². The molecule has 20 heavy (non-hydrogen) atoms. The maximum Gasteiger partial charge on any atom is 0.307 e. The second-order valence-electron chi connectivity index (χ2n) is 3.89. The number of amides is 1. The van der Waals surface area contributed by atoms with Crippen molar-refractivity contribution in [3.8, 4) is 11.8 Å². The van der Waals surface area contributed by atoms with Crippen molar-refractivity contribution in [3.63, 3.8) is 0 Å². The van der Waals surface area contributed by atoms with Crippen LogP contribution in [0.2, 0.25) is 0 Å². The zero-order valence-corrected chi connectivity index (χ0v) is 12.3. The van der Waals surface area contributed by atoms with Crippen molar-refractivity contribution >= 4 is 23.2 Å². The number of carbonyl (C=O) groups is 2. The van der Waals surface area contributed by atoms with Crippen LogP contribution in [0.3, 0.4) is 0 Å². The summed E-state index contributed by atoms with van der Waals surface area (Å²) < 4.78 is 4.77. The number of rotatable bonds is 5. The normalized spacial score (nSPS) is 9.55. The van der Waals surface area contributed by atoms with Crippen molar-refractivity contribution in [1.82, 2.24) is 5.32 Å². The topological polar surface area (TPSA) is 75.6 Å². The predicted molar refractivity (Wildman–Crippen MR) is 76.6 cm³/mol. The Morgan fingerprint density at radius 3 is 2.90 bits per heavy atom. The van der Waals surface area contributed by atoms with Gasteiger partial charge in [-0.1, -0.05) is 11.8 Å². The van der Waals surface area contributed by atoms with E-state index in [0.29, 0.717) is 11.5 Å². The Kier molecular flexibility index (Phi) is 6.77. The number of nitrogens with one attached hydrogen (secondary N) is 1. The Labute approximate surface area is 122 Å². The van der Waals surface area contributed by atoms with Gasteiger partial charge >= 0.3 is 5.97 Å². The maximum atomic E-state index is 11.9. The van der Waals surface area contributed by atoms with Gasteiger partial charge in [-0.25, -0.2) is 0 Å². The molecule has 0 saturated heterocycles. The van der Waals surface area contributed by atoms with Gasteiger partial charge in [0.15, 0.2) is 0 Å². The van der Waals surface area contributed by atoms with Gasteiger partial charge in [0.25, 0.3) is 5.91 Å². The van der Waals surface area contributed by atoms with Crippen LogP contribution in [-0.4, -0.2) is 36.7 Å². The summed E-state index contributed by atoms with van der Waals surface area (Å²) in [6, 6.07) is 1.74. The number of ether oxygens (including phenoxy) is 1. The number of hydrogen-bond acceptors (Lipinski definition) is 5. The summed E-state index contributed by atoms with van der Waals surface area (Å²) in [5, 5.41) is 11.3. The van der Waals surface area contributed by atoms with E-state index in [9.17, 15) is 9.59 Å². The van der Waals surface area contributed by atoms with Crippen LogP contribution in [0.4, 0.5) is 0 Å². The van der Waals surface area contributed by atoms with Crippen molar-refractivity contribution in [2.75, 3.05) is 19.8 Å². The van der Waals surface area contributed by atoms with E-state index in [2.05, 4.69) is 17.2 Å². The quantitative estimate of drug-likeness (QED) is 0.629. The first-order chi connectivity index (χ1) is 9.58. The van der Waals surface area contributed by atoms with E-state index < -0.39 is 0 Å². The average molecular weight is 295 g/mol. The molecule has 6 heteroatoms. The highest BCUT2D eigenvalue weighted by Crippen LogP contribution is 2.20. The Morgan fingerprint density at radius 1 is 1.50 bits per heavy atom. The van der Waals surface area contributed by atoms with Gasteiger partial charge in [0.2, 0.25) is 0 Å². The summed E-state index contributed by atoms with van der Waals surface area (Å²) >= 11 is 1.26. The second kappa shape index (κ2) is 8.35. The molecule has 0 bridgehead atoms. The Bertz CT molecular complexity index is 539. The molecule has 5 nitrogen and oxygen atoms in total. The fraction of sp³-hybridized carbons (Fsp3) is 0.429. The highest BCUT2D eigenvalue weighted by molar-refractivity contribution is 7.14. The lowest BCUT2D eigenvalue weighted by Crippen LogP contribution is -2.25. The van der Waals surface area contributed by atoms with Crippen molar-refractivity contribution in [2.24, 2.45) is 0 Å². The molecule has 0 aromatic carbocycles. The van der Waals surface area contributed by atoms with Crippen LogP contribution in [0.1, 0.15) is 33.5 Å². The molecule has 0 unspecified atom stereocenters. The fourth-order valence-corrected chi connectivity index (χ4v) is 2.40. The minimum Gasteiger partial charge on any atom is -0.466 e. The summed E-state index contributed by atoms with van der Waals surface area (Å²) in [6.07, 6.45) is 0.154. The molecule has 108 valence electrons. The van der Waals surface area contributed by atoms with E-state index in [4.69, 9.17) is 9.84 Å². The van der Waals surface area contributed by atoms with E-state index in [-0.39, 0.29) is 31.4 Å². The number of esters is 1. The molecular weight excluding hydrogens is 278 g/mol. The van der Waals surface area contributed by atoms with Crippen molar-refractivity contribution in [3.05, 3.63) is 21.4 Å². The molecule has 2 N–H and O–H groups in total. The minimum absolute atomic E-state index is 0.154. The number of aryl methyl sites for hydroxylation is 1. The molecule has 1 amide bonds. The molecule has 0 aliphatic heterocycles. The lowest BCUT2D eigenvalue weighted by Gasteiger charge is -2.03. The third-order valence-electron chi connectivity index (χ3n) is 2.34. The third kappa shape index (κ3) is 5.03. The summed E-state index contributed by atoms with van der Waals surface area (Å²) in [5.74, 6) is 4.78. The average Bonchev–Trinajstić information content (AvgIpc) is 2.78. The molecule has 1 rings (SSSR count). The van der Waals surface area contributed by atoms with Gasteiger partial charge in [0.05, 0.1) is 22.8 Å². The Hall–Kier alpha value is -1.84. The van der Waals surface area contributed by atoms with E-state index in [1.807, 2.05) is 6.92 Å². The minimum atomic E-state index is -0.329. The van der Waals surface area contributed by atoms with Gasteiger partial charge < -0.3 is 15.2 Å². The van der Waals surface area contributed by atoms with E-state index >= 15 is 0 Å². The summed E-state index contributed by atoms with van der Waals surface area (Å²) in [7, 11) is 0. The van der Waals surface area contributed by atoms with Crippen LogP contribution in [0.5, 0.6) is 0 Å². The second-order valence-corrected chi connectivity index (χ2v) is 4.95. The van der Waals surface area contributed by atoms with Gasteiger partial charge in [-0.15, -0.1) is 11.3 Å². The monoisotopic (exact) mass is 295 g/mol. The Balaban J connectivity index is 2.54. The van der Waals surface area contributed by atoms with Crippen molar-refractivity contribution in [1.29, 1.82) is 0 Å². The van der Waals surface area contributed by atoms with E-state index in [1.54, 1.807) is 13.0 Å². The summed E-state index contributed by atoms with van der Waals surface area (Å²) in [5.41, 5.74) is 0.895. The van der Waals surface area contributed by atoms with Gasteiger partial charge in [-0.2, -0.15) is 0 Å². The molecule has 1 aromatic heterocycles. The smallest absolute Gasteiger partial charge is 0.307 e. The first kappa shape index (κ1) is 16.2. The molecule has 0 atom stereocenters. The zero-order chi connectivity index (χ0) is 15.0. The lowest BCUT2D eigenvalue weighted by molar-refractivity contribution is -0.142. The largest absolute Gasteiger partial charge is 0.466 e. The molecular formula is C14H17NO4S. The highest BCUT2D eigenvalue weighted by Gasteiger charge is 2.11. The van der Waals surface area contributed by atoms with Crippen LogP contribution in [-0.2, 0) is 9.53 Å². The number of hydrogen-bond donors (Lipinski definition) is 2. The third-order valence-corrected chi connectivity index (χ3v) is 3.49. The molecule has 0 spiro atoms. The van der Waals surface area contributed by atoms with Crippen LogP contribution < -0.4 is 5.32 Å². The highest BCUT2D eigenvalue weighted by atomic mass is 32.1. The van der Waals surface area contributed by atoms with Crippen LogP contribution in [0.15, 0.2) is 6.07 Å². The molecule has 0 aliphatic rings. The fourth-order valence-electron chi connectivity index (χ4n) is 1.44. The first-order valence-corrected chi connectivity index (χ1v) is 7.04.